The summed E-state index contributed by atoms with van der Waals surface area (Å²) in [6.07, 6.45) is 1.58. The molecule has 8 heteroatoms. The normalized spacial score (nSPS) is 11.0. The van der Waals surface area contributed by atoms with Gasteiger partial charge in [0.1, 0.15) is 12.3 Å². The van der Waals surface area contributed by atoms with Crippen molar-refractivity contribution in [3.05, 3.63) is 75.3 Å². The van der Waals surface area contributed by atoms with Gasteiger partial charge in [-0.3, -0.25) is 9.59 Å². The van der Waals surface area contributed by atoms with Crippen LogP contribution >= 0.6 is 27.3 Å². The Morgan fingerprint density at radius 3 is 2.89 bits per heavy atom. The highest BCUT2D eigenvalue weighted by Gasteiger charge is 2.11. The summed E-state index contributed by atoms with van der Waals surface area (Å²) in [6.45, 7) is 0.191. The number of carbonyl (C=O) groups excluding carboxylic acids is 1. The van der Waals surface area contributed by atoms with Gasteiger partial charge in [0.15, 0.2) is 10.8 Å². The van der Waals surface area contributed by atoms with Gasteiger partial charge < -0.3 is 14.3 Å². The fraction of sp³-hybridized carbons (Fsp3) is 0.105. The maximum absolute atomic E-state index is 12.1. The lowest BCUT2D eigenvalue weighted by molar-refractivity contribution is -0.121. The van der Waals surface area contributed by atoms with Gasteiger partial charge in [0, 0.05) is 16.7 Å². The molecule has 4 aromatic rings. The number of carbonyl (C=O) groups is 1. The van der Waals surface area contributed by atoms with Gasteiger partial charge in [0.25, 0.3) is 5.56 Å². The summed E-state index contributed by atoms with van der Waals surface area (Å²) in [7, 11) is 0. The molecule has 0 unspecified atom stereocenters. The lowest BCUT2D eigenvalue weighted by Crippen LogP contribution is -2.31. The molecule has 0 saturated carbocycles. The number of hydrogen-bond acceptors (Lipinski definition) is 5. The number of nitrogens with zero attached hydrogens (tertiary/aromatic N) is 2. The van der Waals surface area contributed by atoms with Crippen LogP contribution in [0.2, 0.25) is 0 Å². The second-order valence-electron chi connectivity index (χ2n) is 5.84. The maximum Gasteiger partial charge on any atom is 0.251 e. The van der Waals surface area contributed by atoms with Crippen molar-refractivity contribution in [2.24, 2.45) is 0 Å². The molecule has 0 aliphatic rings. The zero-order chi connectivity index (χ0) is 18.8. The average molecular weight is 444 g/mol. The number of amides is 1. The topological polar surface area (TPSA) is 77.1 Å². The summed E-state index contributed by atoms with van der Waals surface area (Å²) in [5.41, 5.74) is 0.702. The molecule has 0 aliphatic heterocycles. The molecule has 6 nitrogen and oxygen atoms in total. The molecule has 3 aromatic heterocycles. The molecular formula is C19H14BrN3O3S. The Bertz CT molecular complexity index is 1150. The summed E-state index contributed by atoms with van der Waals surface area (Å²) in [6, 6.07) is 14.6. The van der Waals surface area contributed by atoms with Crippen LogP contribution in [0.15, 0.2) is 68.4 Å². The van der Waals surface area contributed by atoms with Crippen LogP contribution in [-0.4, -0.2) is 15.5 Å². The lowest BCUT2D eigenvalue weighted by atomic mass is 10.3. The molecule has 0 spiro atoms. The number of halogens is 1. The molecule has 1 N–H and O–H groups in total. The van der Waals surface area contributed by atoms with E-state index in [1.54, 1.807) is 23.6 Å². The van der Waals surface area contributed by atoms with Crippen LogP contribution < -0.4 is 10.9 Å². The van der Waals surface area contributed by atoms with Crippen LogP contribution in [0.4, 0.5) is 0 Å². The first kappa shape index (κ1) is 17.7. The van der Waals surface area contributed by atoms with Crippen molar-refractivity contribution in [3.63, 3.8) is 0 Å². The van der Waals surface area contributed by atoms with E-state index >= 15 is 0 Å². The van der Waals surface area contributed by atoms with E-state index in [4.69, 9.17) is 4.42 Å². The molecule has 0 bridgehead atoms. The van der Waals surface area contributed by atoms with E-state index in [-0.39, 0.29) is 24.6 Å². The van der Waals surface area contributed by atoms with Gasteiger partial charge in [-0.15, -0.1) is 11.3 Å². The number of thiazole rings is 1. The first-order chi connectivity index (χ1) is 13.1. The van der Waals surface area contributed by atoms with E-state index in [0.29, 0.717) is 11.5 Å². The van der Waals surface area contributed by atoms with Crippen LogP contribution in [0.25, 0.3) is 21.0 Å². The van der Waals surface area contributed by atoms with Crippen molar-refractivity contribution in [3.8, 4) is 10.8 Å². The Hall–Kier alpha value is -2.71. The molecule has 27 heavy (non-hydrogen) atoms. The Balaban J connectivity index is 1.41. The second-order valence-corrected chi connectivity index (χ2v) is 7.79. The molecule has 0 atom stereocenters. The van der Waals surface area contributed by atoms with Crippen LogP contribution in [-0.2, 0) is 17.9 Å². The predicted octanol–water partition coefficient (Wildman–Crippen LogP) is 3.80. The molecule has 0 aliphatic carbocycles. The van der Waals surface area contributed by atoms with Crippen molar-refractivity contribution in [2.75, 3.05) is 0 Å². The van der Waals surface area contributed by atoms with Gasteiger partial charge in [0.05, 0.1) is 16.8 Å². The Morgan fingerprint density at radius 2 is 2.04 bits per heavy atom. The number of pyridine rings is 1. The molecule has 1 amide bonds. The van der Waals surface area contributed by atoms with Gasteiger partial charge in [-0.25, -0.2) is 4.98 Å². The number of fused-ring (bicyclic) bond motifs is 1. The third-order valence-corrected chi connectivity index (χ3v) is 5.41. The molecule has 0 fully saturated rings. The number of hydrogen-bond donors (Lipinski definition) is 1. The third kappa shape index (κ3) is 4.01. The zero-order valence-electron chi connectivity index (χ0n) is 14.0. The van der Waals surface area contributed by atoms with E-state index in [1.807, 2.05) is 36.4 Å². The highest BCUT2D eigenvalue weighted by Crippen LogP contribution is 2.31. The van der Waals surface area contributed by atoms with Crippen LogP contribution in [0.3, 0.4) is 0 Å². The van der Waals surface area contributed by atoms with Crippen LogP contribution in [0.1, 0.15) is 5.76 Å². The number of para-hydroxylation sites is 1. The minimum Gasteiger partial charge on any atom is -0.457 e. The van der Waals surface area contributed by atoms with Crippen molar-refractivity contribution >= 4 is 43.4 Å². The number of furan rings is 1. The molecule has 1 aromatic carbocycles. The Labute approximate surface area is 166 Å². The Kier molecular flexibility index (Phi) is 4.91. The smallest absolute Gasteiger partial charge is 0.251 e. The van der Waals surface area contributed by atoms with Crippen LogP contribution in [0.5, 0.6) is 0 Å². The molecule has 0 saturated heterocycles. The molecular weight excluding hydrogens is 430 g/mol. The minimum atomic E-state index is -0.270. The van der Waals surface area contributed by atoms with Gasteiger partial charge in [-0.1, -0.05) is 12.1 Å². The summed E-state index contributed by atoms with van der Waals surface area (Å²) < 4.78 is 8.97. The molecule has 4 rings (SSSR count). The fourth-order valence-electron chi connectivity index (χ4n) is 2.59. The standard InChI is InChI=1S/C19H14BrN3O3S/c20-12-5-8-18(25)23(10-12)11-17(24)21-9-13-6-7-15(26-13)19-22-14-3-1-2-4-16(14)27-19/h1-8,10H,9,11H2,(H,21,24). The van der Waals surface area contributed by atoms with E-state index in [2.05, 4.69) is 26.2 Å². The molecule has 0 radical (unpaired) electrons. The molecule has 136 valence electrons. The predicted molar refractivity (Wildman–Crippen MR) is 108 cm³/mol. The zero-order valence-corrected chi connectivity index (χ0v) is 16.4. The van der Waals surface area contributed by atoms with Gasteiger partial charge in [-0.05, 0) is 46.3 Å². The highest BCUT2D eigenvalue weighted by atomic mass is 79.9. The van der Waals surface area contributed by atoms with Gasteiger partial charge >= 0.3 is 0 Å². The van der Waals surface area contributed by atoms with E-state index in [1.165, 1.54) is 10.6 Å². The monoisotopic (exact) mass is 443 g/mol. The van der Waals surface area contributed by atoms with Crippen molar-refractivity contribution < 1.29 is 9.21 Å². The Morgan fingerprint density at radius 1 is 1.19 bits per heavy atom. The molecule has 3 heterocycles. The van der Waals surface area contributed by atoms with Gasteiger partial charge in [0.2, 0.25) is 5.91 Å². The maximum atomic E-state index is 12.1. The SMILES string of the molecule is O=C(Cn1cc(Br)ccc1=O)NCc1ccc(-c2nc3ccccc3s2)o1. The first-order valence-electron chi connectivity index (χ1n) is 8.16. The summed E-state index contributed by atoms with van der Waals surface area (Å²) in [4.78, 5) is 28.4. The fourth-order valence-corrected chi connectivity index (χ4v) is 3.89. The summed E-state index contributed by atoms with van der Waals surface area (Å²) >= 11 is 4.85. The lowest BCUT2D eigenvalue weighted by Gasteiger charge is -2.06. The number of benzene rings is 1. The largest absolute Gasteiger partial charge is 0.457 e. The van der Waals surface area contributed by atoms with Crippen molar-refractivity contribution in [1.29, 1.82) is 0 Å². The van der Waals surface area contributed by atoms with E-state index in [9.17, 15) is 9.59 Å². The van der Waals surface area contributed by atoms with Gasteiger partial charge in [-0.2, -0.15) is 0 Å². The van der Waals surface area contributed by atoms with Crippen molar-refractivity contribution in [2.45, 2.75) is 13.1 Å². The number of aromatic nitrogens is 2. The van der Waals surface area contributed by atoms with E-state index in [0.717, 1.165) is 19.7 Å². The number of nitrogens with one attached hydrogen (secondary N) is 1. The van der Waals surface area contributed by atoms with Crippen molar-refractivity contribution in [1.82, 2.24) is 14.9 Å². The summed E-state index contributed by atoms with van der Waals surface area (Å²) in [5.74, 6) is 1.02. The number of rotatable bonds is 5. The quantitative estimate of drug-likeness (QED) is 0.508. The summed E-state index contributed by atoms with van der Waals surface area (Å²) in [5, 5.41) is 3.56. The van der Waals surface area contributed by atoms with E-state index < -0.39 is 0 Å². The minimum absolute atomic E-state index is 0.0519. The third-order valence-electron chi connectivity index (χ3n) is 3.89. The second kappa shape index (κ2) is 7.50. The average Bonchev–Trinajstić information content (AvgIpc) is 3.29. The highest BCUT2D eigenvalue weighted by molar-refractivity contribution is 9.10. The van der Waals surface area contributed by atoms with Crippen LogP contribution in [0, 0.1) is 0 Å². The first-order valence-corrected chi connectivity index (χ1v) is 9.77.